The molecule has 3 N–H and O–H groups in total. The first kappa shape index (κ1) is 36.4. The molecule has 2 amide bonds. The number of aliphatic hydroxyl groups is 2. The van der Waals surface area contributed by atoms with Crippen LogP contribution >= 0.6 is 0 Å². The number of ether oxygens (including phenoxy) is 1. The lowest BCUT2D eigenvalue weighted by molar-refractivity contribution is -0.140. The maximum atomic E-state index is 12.9. The van der Waals surface area contributed by atoms with Crippen molar-refractivity contribution in [3.8, 4) is 12.3 Å². The maximum Gasteiger partial charge on any atom is 0.233 e. The number of aliphatic hydroxyl groups excluding tert-OH is 2. The normalized spacial score (nSPS) is 26.2. The standard InChI is InChI=1S/C36H59N3O5/c1-10-19-36(9,37-34(5,6)24-44-25(3)4)29(41)18-22-38(20-11-2)35(7,8)28(40)15-13-12-14-21-39-32(42)30-26-16-17-27(23-26)31(30)33(39)43/h2,10,16-17,19,25-31,37,40-41H,12-15,18,20-24H2,1,3-9H3. The fourth-order valence-corrected chi connectivity index (χ4v) is 7.51. The van der Waals surface area contributed by atoms with Crippen molar-refractivity contribution in [1.82, 2.24) is 15.1 Å². The fourth-order valence-electron chi connectivity index (χ4n) is 7.51. The van der Waals surface area contributed by atoms with E-state index in [1.165, 1.54) is 4.90 Å². The molecule has 3 aliphatic rings. The Labute approximate surface area is 266 Å². The van der Waals surface area contributed by atoms with Gasteiger partial charge in [0.2, 0.25) is 11.8 Å². The van der Waals surface area contributed by atoms with Gasteiger partial charge >= 0.3 is 0 Å². The molecule has 0 aromatic heterocycles. The van der Waals surface area contributed by atoms with Gasteiger partial charge in [-0.1, -0.05) is 43.1 Å². The molecule has 1 saturated carbocycles. The van der Waals surface area contributed by atoms with E-state index in [1.54, 1.807) is 0 Å². The molecule has 2 bridgehead atoms. The quantitative estimate of drug-likeness (QED) is 0.0864. The molecule has 1 aliphatic heterocycles. The van der Waals surface area contributed by atoms with Gasteiger partial charge in [-0.15, -0.1) is 6.42 Å². The highest BCUT2D eigenvalue weighted by atomic mass is 16.5. The van der Waals surface area contributed by atoms with E-state index in [2.05, 4.69) is 42.1 Å². The van der Waals surface area contributed by atoms with E-state index in [-0.39, 0.29) is 47.1 Å². The first-order valence-corrected chi connectivity index (χ1v) is 16.7. The molecule has 3 rings (SSSR count). The number of allylic oxidation sites excluding steroid dienone is 3. The summed E-state index contributed by atoms with van der Waals surface area (Å²) in [5.74, 6) is 2.95. The third-order valence-electron chi connectivity index (χ3n) is 10.1. The smallest absolute Gasteiger partial charge is 0.233 e. The summed E-state index contributed by atoms with van der Waals surface area (Å²) in [7, 11) is 0. The molecule has 8 nitrogen and oxygen atoms in total. The molecule has 2 fully saturated rings. The molecule has 0 aromatic carbocycles. The number of carbonyl (C=O) groups excluding carboxylic acids is 2. The van der Waals surface area contributed by atoms with Crippen LogP contribution in [0, 0.1) is 36.0 Å². The van der Waals surface area contributed by atoms with Crippen LogP contribution in [0.2, 0.25) is 0 Å². The van der Waals surface area contributed by atoms with Crippen LogP contribution < -0.4 is 5.32 Å². The number of unbranched alkanes of at least 4 members (excludes halogenated alkanes) is 2. The average Bonchev–Trinajstić information content (AvgIpc) is 3.63. The Morgan fingerprint density at radius 2 is 1.66 bits per heavy atom. The molecule has 0 radical (unpaired) electrons. The van der Waals surface area contributed by atoms with Gasteiger partial charge in [0, 0.05) is 24.2 Å². The Morgan fingerprint density at radius 1 is 1.05 bits per heavy atom. The van der Waals surface area contributed by atoms with Crippen molar-refractivity contribution >= 4 is 11.8 Å². The first-order chi connectivity index (χ1) is 20.6. The minimum absolute atomic E-state index is 0.0123. The lowest BCUT2D eigenvalue weighted by Gasteiger charge is -2.44. The van der Waals surface area contributed by atoms with Crippen molar-refractivity contribution < 1.29 is 24.5 Å². The number of nitrogens with one attached hydrogen (secondary N) is 1. The van der Waals surface area contributed by atoms with E-state index in [4.69, 9.17) is 11.2 Å². The van der Waals surface area contributed by atoms with Crippen LogP contribution in [-0.2, 0) is 14.3 Å². The zero-order valence-electron chi connectivity index (χ0n) is 28.5. The van der Waals surface area contributed by atoms with E-state index in [0.29, 0.717) is 39.1 Å². The summed E-state index contributed by atoms with van der Waals surface area (Å²) in [5.41, 5.74) is -1.65. The van der Waals surface area contributed by atoms with Crippen molar-refractivity contribution in [2.75, 3.05) is 26.2 Å². The van der Waals surface area contributed by atoms with Gasteiger partial charge in [-0.3, -0.25) is 24.7 Å². The van der Waals surface area contributed by atoms with Gasteiger partial charge in [-0.05, 0) is 92.9 Å². The minimum Gasteiger partial charge on any atom is -0.391 e. The molecule has 248 valence electrons. The summed E-state index contributed by atoms with van der Waals surface area (Å²) in [6.07, 6.45) is 17.1. The molecule has 1 heterocycles. The highest BCUT2D eigenvalue weighted by molar-refractivity contribution is 6.06. The minimum atomic E-state index is -0.702. The van der Waals surface area contributed by atoms with Crippen molar-refractivity contribution in [2.45, 2.75) is 129 Å². The van der Waals surface area contributed by atoms with Gasteiger partial charge in [0.25, 0.3) is 0 Å². The van der Waals surface area contributed by atoms with Crippen molar-refractivity contribution in [3.63, 3.8) is 0 Å². The second-order valence-corrected chi connectivity index (χ2v) is 14.9. The van der Waals surface area contributed by atoms with Crippen LogP contribution in [0.5, 0.6) is 0 Å². The molecule has 0 spiro atoms. The van der Waals surface area contributed by atoms with E-state index in [0.717, 1.165) is 25.7 Å². The SMILES string of the molecule is C#CCN(CCC(O)C(C)(C=CC)NC(C)(C)COC(C)C)C(C)(C)C(O)CCCCCN1C(=O)C2C3C=CC(C3)C2C1=O. The van der Waals surface area contributed by atoms with Crippen LogP contribution in [-0.4, -0.2) is 93.0 Å². The number of imide groups is 1. The van der Waals surface area contributed by atoms with Gasteiger partial charge in [-0.2, -0.15) is 0 Å². The van der Waals surface area contributed by atoms with Gasteiger partial charge < -0.3 is 14.9 Å². The molecular formula is C36H59N3O5. The van der Waals surface area contributed by atoms with E-state index in [9.17, 15) is 19.8 Å². The molecule has 7 unspecified atom stereocenters. The Kier molecular flexibility index (Phi) is 12.5. The van der Waals surface area contributed by atoms with Crippen molar-refractivity contribution in [1.29, 1.82) is 0 Å². The third kappa shape index (κ3) is 8.41. The van der Waals surface area contributed by atoms with E-state index < -0.39 is 23.3 Å². The molecule has 44 heavy (non-hydrogen) atoms. The number of terminal acetylenes is 1. The third-order valence-corrected chi connectivity index (χ3v) is 10.1. The Balaban J connectivity index is 1.49. The first-order valence-electron chi connectivity index (χ1n) is 16.7. The van der Waals surface area contributed by atoms with Gasteiger partial charge in [0.1, 0.15) is 0 Å². The Morgan fingerprint density at radius 3 is 2.20 bits per heavy atom. The predicted molar refractivity (Wildman–Crippen MR) is 176 cm³/mol. The Bertz CT molecular complexity index is 1060. The summed E-state index contributed by atoms with van der Waals surface area (Å²) >= 11 is 0. The second kappa shape index (κ2) is 15.0. The van der Waals surface area contributed by atoms with Gasteiger partial charge in [-0.25, -0.2) is 0 Å². The number of carbonyl (C=O) groups is 2. The zero-order chi connectivity index (χ0) is 32.9. The summed E-state index contributed by atoms with van der Waals surface area (Å²) < 4.78 is 5.86. The van der Waals surface area contributed by atoms with Crippen LogP contribution in [0.25, 0.3) is 0 Å². The summed E-state index contributed by atoms with van der Waals surface area (Å²) in [4.78, 5) is 29.4. The lowest BCUT2D eigenvalue weighted by atomic mass is 9.85. The summed E-state index contributed by atoms with van der Waals surface area (Å²) in [6, 6.07) is 0. The van der Waals surface area contributed by atoms with Crippen LogP contribution in [0.4, 0.5) is 0 Å². The highest BCUT2D eigenvalue weighted by Gasteiger charge is 2.58. The molecule has 0 aromatic rings. The molecule has 2 aliphatic carbocycles. The van der Waals surface area contributed by atoms with Crippen molar-refractivity contribution in [2.24, 2.45) is 23.7 Å². The van der Waals surface area contributed by atoms with Crippen LogP contribution in [0.15, 0.2) is 24.3 Å². The second-order valence-electron chi connectivity index (χ2n) is 14.9. The average molecular weight is 614 g/mol. The van der Waals surface area contributed by atoms with E-state index in [1.807, 2.05) is 53.7 Å². The number of hydrogen-bond donors (Lipinski definition) is 3. The summed E-state index contributed by atoms with van der Waals surface area (Å²) in [5, 5.41) is 26.3. The molecule has 8 heteroatoms. The van der Waals surface area contributed by atoms with Crippen LogP contribution in [0.1, 0.15) is 93.9 Å². The number of amides is 2. The number of likely N-dealkylation sites (tertiary alicyclic amines) is 1. The molecule has 1 saturated heterocycles. The summed E-state index contributed by atoms with van der Waals surface area (Å²) in [6.45, 7) is 18.0. The predicted octanol–water partition coefficient (Wildman–Crippen LogP) is 4.31. The van der Waals surface area contributed by atoms with Gasteiger partial charge in [0.05, 0.1) is 48.8 Å². The monoisotopic (exact) mass is 613 g/mol. The largest absolute Gasteiger partial charge is 0.391 e. The highest BCUT2D eigenvalue weighted by Crippen LogP contribution is 2.52. The lowest BCUT2D eigenvalue weighted by Crippen LogP contribution is -2.61. The topological polar surface area (TPSA) is 102 Å². The Hall–Kier alpha value is -2.02. The number of rotatable bonds is 19. The number of nitrogens with zero attached hydrogens (tertiary/aromatic N) is 2. The number of fused-ring (bicyclic) bond motifs is 5. The number of hydrogen-bond acceptors (Lipinski definition) is 7. The van der Waals surface area contributed by atoms with Crippen LogP contribution in [0.3, 0.4) is 0 Å². The van der Waals surface area contributed by atoms with Crippen molar-refractivity contribution in [3.05, 3.63) is 24.3 Å². The molecular weight excluding hydrogens is 554 g/mol. The zero-order valence-corrected chi connectivity index (χ0v) is 28.5. The maximum absolute atomic E-state index is 12.9. The van der Waals surface area contributed by atoms with E-state index >= 15 is 0 Å². The fraction of sp³-hybridized carbons (Fsp3) is 0.778. The van der Waals surface area contributed by atoms with Gasteiger partial charge in [0.15, 0.2) is 0 Å². The molecule has 7 atom stereocenters.